The molecule has 12 rings (SSSR count). The van der Waals surface area contributed by atoms with Crippen LogP contribution in [0.25, 0.3) is 87.7 Å². The lowest BCUT2D eigenvalue weighted by atomic mass is 9.67. The minimum absolute atomic E-state index is 0.418. The van der Waals surface area contributed by atoms with Crippen molar-refractivity contribution in [2.24, 2.45) is 0 Å². The molecule has 11 aromatic rings. The molecule has 1 aliphatic rings. The number of benzene rings is 9. The van der Waals surface area contributed by atoms with Crippen molar-refractivity contribution in [2.75, 3.05) is 0 Å². The molecule has 0 amide bonds. The van der Waals surface area contributed by atoms with E-state index >= 15 is 0 Å². The van der Waals surface area contributed by atoms with Gasteiger partial charge in [0.05, 0.1) is 5.41 Å². The Kier molecular flexibility index (Phi) is 8.58. The minimum atomic E-state index is -0.418. The second kappa shape index (κ2) is 14.7. The zero-order valence-electron chi connectivity index (χ0n) is 33.6. The highest BCUT2D eigenvalue weighted by molar-refractivity contribution is 7.25. The number of rotatable bonds is 7. The van der Waals surface area contributed by atoms with Crippen LogP contribution in [-0.2, 0) is 5.41 Å². The van der Waals surface area contributed by atoms with E-state index in [0.717, 1.165) is 33.4 Å². The van der Waals surface area contributed by atoms with Crippen LogP contribution in [-0.4, -0.2) is 15.0 Å². The predicted octanol–water partition coefficient (Wildman–Crippen LogP) is 14.9. The molecule has 0 radical (unpaired) electrons. The molecule has 0 saturated heterocycles. The van der Waals surface area contributed by atoms with Crippen molar-refractivity contribution in [3.8, 4) is 67.5 Å². The Morgan fingerprint density at radius 2 is 0.726 bits per heavy atom. The van der Waals surface area contributed by atoms with Gasteiger partial charge in [-0.05, 0) is 73.8 Å². The Morgan fingerprint density at radius 3 is 1.39 bits per heavy atom. The van der Waals surface area contributed by atoms with Gasteiger partial charge in [-0.3, -0.25) is 0 Å². The highest BCUT2D eigenvalue weighted by Crippen LogP contribution is 2.56. The lowest BCUT2D eigenvalue weighted by molar-refractivity contribution is 0.770. The zero-order chi connectivity index (χ0) is 41.0. The van der Waals surface area contributed by atoms with Crippen molar-refractivity contribution >= 4 is 31.5 Å². The zero-order valence-corrected chi connectivity index (χ0v) is 34.4. The number of hydrogen-bond acceptors (Lipinski definition) is 4. The maximum Gasteiger partial charge on any atom is 0.164 e. The fraction of sp³-hybridized carbons (Fsp3) is 0.0172. The SMILES string of the molecule is c1ccc(-c2cccc(-c3nc(-c4ccccc4)nc(-c4ccc(-c5ccc6c(c5)sc5cc(C7(c8ccccc8)c8ccccc8-c8ccccc87)ccc56)cc4)n3)c2)cc1. The largest absolute Gasteiger partial charge is 0.208 e. The molecule has 1 aliphatic carbocycles. The number of hydrogen-bond donors (Lipinski definition) is 0. The van der Waals surface area contributed by atoms with Gasteiger partial charge in [-0.2, -0.15) is 0 Å². The quantitative estimate of drug-likeness (QED) is 0.161. The summed E-state index contributed by atoms with van der Waals surface area (Å²) in [5.41, 5.74) is 14.9. The summed E-state index contributed by atoms with van der Waals surface area (Å²) < 4.78 is 2.56. The van der Waals surface area contributed by atoms with Gasteiger partial charge in [0.15, 0.2) is 17.5 Å². The molecule has 0 spiro atoms. The molecule has 0 saturated carbocycles. The van der Waals surface area contributed by atoms with Crippen LogP contribution < -0.4 is 0 Å². The smallest absolute Gasteiger partial charge is 0.164 e. The van der Waals surface area contributed by atoms with Gasteiger partial charge in [0.25, 0.3) is 0 Å². The van der Waals surface area contributed by atoms with E-state index in [1.807, 2.05) is 47.7 Å². The van der Waals surface area contributed by atoms with Crippen molar-refractivity contribution in [1.29, 1.82) is 0 Å². The first-order chi connectivity index (χ1) is 30.7. The average Bonchev–Trinajstić information content (AvgIpc) is 3.88. The highest BCUT2D eigenvalue weighted by atomic mass is 32.1. The molecule has 3 nitrogen and oxygen atoms in total. The Morgan fingerprint density at radius 1 is 0.290 bits per heavy atom. The van der Waals surface area contributed by atoms with E-state index in [0.29, 0.717) is 17.5 Å². The van der Waals surface area contributed by atoms with Crippen molar-refractivity contribution in [3.05, 3.63) is 247 Å². The van der Waals surface area contributed by atoms with Gasteiger partial charge < -0.3 is 0 Å². The predicted molar refractivity (Wildman–Crippen MR) is 257 cm³/mol. The van der Waals surface area contributed by atoms with Crippen LogP contribution in [0.1, 0.15) is 22.3 Å². The molecular weight excluding hydrogens is 771 g/mol. The van der Waals surface area contributed by atoms with Gasteiger partial charge in [0.1, 0.15) is 0 Å². The van der Waals surface area contributed by atoms with Crippen LogP contribution in [0.3, 0.4) is 0 Å². The van der Waals surface area contributed by atoms with Crippen molar-refractivity contribution in [2.45, 2.75) is 5.41 Å². The van der Waals surface area contributed by atoms with Gasteiger partial charge in [0.2, 0.25) is 0 Å². The van der Waals surface area contributed by atoms with Gasteiger partial charge >= 0.3 is 0 Å². The summed E-state index contributed by atoms with van der Waals surface area (Å²) in [5, 5.41) is 2.56. The molecule has 0 unspecified atom stereocenters. The summed E-state index contributed by atoms with van der Waals surface area (Å²) in [6.45, 7) is 0. The molecule has 290 valence electrons. The molecule has 2 aromatic heterocycles. The molecular formula is C58H37N3S. The van der Waals surface area contributed by atoms with E-state index in [4.69, 9.17) is 15.0 Å². The average molecular weight is 808 g/mol. The number of nitrogens with zero attached hydrogens (tertiary/aromatic N) is 3. The summed E-state index contributed by atoms with van der Waals surface area (Å²) in [6.07, 6.45) is 0. The van der Waals surface area contributed by atoms with Crippen LogP contribution in [0.4, 0.5) is 0 Å². The molecule has 62 heavy (non-hydrogen) atoms. The van der Waals surface area contributed by atoms with Crippen LogP contribution >= 0.6 is 11.3 Å². The Bertz CT molecular complexity index is 3400. The topological polar surface area (TPSA) is 38.7 Å². The van der Waals surface area contributed by atoms with E-state index in [1.54, 1.807) is 0 Å². The Labute approximate surface area is 364 Å². The normalized spacial score (nSPS) is 12.6. The maximum absolute atomic E-state index is 5.07. The molecule has 2 heterocycles. The maximum atomic E-state index is 5.07. The summed E-state index contributed by atoms with van der Waals surface area (Å²) in [4.78, 5) is 15.1. The lowest BCUT2D eigenvalue weighted by Crippen LogP contribution is -2.28. The molecule has 4 heteroatoms. The number of aromatic nitrogens is 3. The van der Waals surface area contributed by atoms with E-state index in [1.165, 1.54) is 59.1 Å². The summed E-state index contributed by atoms with van der Waals surface area (Å²) in [5.74, 6) is 1.93. The summed E-state index contributed by atoms with van der Waals surface area (Å²) in [7, 11) is 0. The van der Waals surface area contributed by atoms with Gasteiger partial charge in [-0.1, -0.05) is 206 Å². The second-order valence-electron chi connectivity index (χ2n) is 15.9. The molecule has 0 aliphatic heterocycles. The first-order valence-electron chi connectivity index (χ1n) is 21.0. The monoisotopic (exact) mass is 807 g/mol. The van der Waals surface area contributed by atoms with Crippen molar-refractivity contribution < 1.29 is 0 Å². The van der Waals surface area contributed by atoms with E-state index in [2.05, 4.69) is 188 Å². The van der Waals surface area contributed by atoms with E-state index < -0.39 is 5.41 Å². The molecule has 0 fully saturated rings. The summed E-state index contributed by atoms with van der Waals surface area (Å²) in [6, 6.07) is 80.6. The number of thiophene rings is 1. The standard InChI is InChI=1S/C58H37N3S/c1-4-15-38(16-5-1)42-19-14-20-44(35-42)57-60-55(40-17-6-2-7-18-40)59-56(61-57)41-29-27-39(28-30-41)43-31-33-49-50-34-32-46(37-54(50)62-53(49)36-43)58(45-21-8-3-9-22-45)51-25-12-10-23-47(51)48-24-11-13-26-52(48)58/h1-37H. The van der Waals surface area contributed by atoms with Gasteiger partial charge in [-0.15, -0.1) is 11.3 Å². The molecule has 0 bridgehead atoms. The van der Waals surface area contributed by atoms with Crippen LogP contribution in [0, 0.1) is 0 Å². The summed E-state index contributed by atoms with van der Waals surface area (Å²) >= 11 is 1.87. The van der Waals surface area contributed by atoms with Crippen LogP contribution in [0.5, 0.6) is 0 Å². The third kappa shape index (κ3) is 5.91. The van der Waals surface area contributed by atoms with Crippen molar-refractivity contribution in [3.63, 3.8) is 0 Å². The van der Waals surface area contributed by atoms with Crippen molar-refractivity contribution in [1.82, 2.24) is 15.0 Å². The Balaban J connectivity index is 0.918. The molecule has 0 atom stereocenters. The second-order valence-corrected chi connectivity index (χ2v) is 17.0. The van der Waals surface area contributed by atoms with Gasteiger partial charge in [-0.25, -0.2) is 15.0 Å². The highest BCUT2D eigenvalue weighted by Gasteiger charge is 2.46. The third-order valence-corrected chi connectivity index (χ3v) is 13.6. The molecule has 9 aromatic carbocycles. The van der Waals surface area contributed by atoms with E-state index in [9.17, 15) is 0 Å². The first kappa shape index (κ1) is 36.1. The first-order valence-corrected chi connectivity index (χ1v) is 21.8. The van der Waals surface area contributed by atoms with Crippen LogP contribution in [0.2, 0.25) is 0 Å². The van der Waals surface area contributed by atoms with Gasteiger partial charge in [0, 0.05) is 36.9 Å². The minimum Gasteiger partial charge on any atom is -0.208 e. The molecule has 0 N–H and O–H groups in total. The fourth-order valence-corrected chi connectivity index (χ4v) is 10.7. The van der Waals surface area contributed by atoms with E-state index in [-0.39, 0.29) is 0 Å². The lowest BCUT2D eigenvalue weighted by Gasteiger charge is -2.33. The Hall–Kier alpha value is -7.79. The van der Waals surface area contributed by atoms with Crippen LogP contribution in [0.15, 0.2) is 224 Å². The number of fused-ring (bicyclic) bond motifs is 6. The fourth-order valence-electron chi connectivity index (χ4n) is 9.53. The third-order valence-electron chi connectivity index (χ3n) is 12.4.